The van der Waals surface area contributed by atoms with Crippen LogP contribution in [0.2, 0.25) is 0 Å². The van der Waals surface area contributed by atoms with Crippen LogP contribution in [0.15, 0.2) is 102 Å². The fourth-order valence-corrected chi connectivity index (χ4v) is 6.93. The largest absolute Gasteiger partial charge is 0.506 e. The molecule has 1 aliphatic rings. The van der Waals surface area contributed by atoms with Gasteiger partial charge >= 0.3 is 6.09 Å². The Morgan fingerprint density at radius 2 is 1.63 bits per heavy atom. The van der Waals surface area contributed by atoms with E-state index in [0.29, 0.717) is 47.2 Å². The summed E-state index contributed by atoms with van der Waals surface area (Å²) < 4.78 is 6.77. The zero-order valence-electron chi connectivity index (χ0n) is 30.9. The number of fused-ring (bicyclic) bond motifs is 1. The first-order chi connectivity index (χ1) is 26.0. The monoisotopic (exact) mass is 732 g/mol. The Hall–Kier alpha value is -5.49. The van der Waals surface area contributed by atoms with E-state index in [2.05, 4.69) is 41.1 Å². The Morgan fingerprint density at radius 1 is 0.889 bits per heavy atom. The molecule has 11 heteroatoms. The van der Waals surface area contributed by atoms with Crippen molar-refractivity contribution >= 4 is 34.3 Å². The van der Waals surface area contributed by atoms with E-state index in [9.17, 15) is 24.6 Å². The number of H-pyrrole nitrogens is 1. The number of aromatic hydroxyl groups is 1. The van der Waals surface area contributed by atoms with Gasteiger partial charge in [0.15, 0.2) is 0 Å². The van der Waals surface area contributed by atoms with Gasteiger partial charge in [0, 0.05) is 55.1 Å². The number of anilines is 2. The molecule has 54 heavy (non-hydrogen) atoms. The van der Waals surface area contributed by atoms with Crippen LogP contribution < -0.4 is 21.5 Å². The summed E-state index contributed by atoms with van der Waals surface area (Å²) in [5.41, 5.74) is 6.00. The van der Waals surface area contributed by atoms with Crippen molar-refractivity contribution in [2.24, 2.45) is 0 Å². The van der Waals surface area contributed by atoms with Crippen LogP contribution in [0.25, 0.3) is 22.0 Å². The number of quaternary nitrogens is 1. The number of unbranched alkanes of at least 4 members (excludes halogenated alkanes) is 1. The molecule has 11 nitrogen and oxygen atoms in total. The standard InChI is InChI=1S/C43H49N5O6/c1-48(2)24-22-33(23-25-48)54-43(53)46-37-26-29(14-17-34(37)31-9-4-3-5-10-31)8-6-7-11-40(51)45-32-15-12-30(13-16-32)27-44-28-39(50)35-18-20-38(49)42-36(35)19-21-41(52)47-42/h3-5,9-10,12-21,26,33,39,44,50H,6-8,11,22-25,27-28H2,1-2H3,(H3-,45,46,47,49,51,52,53)/p+1/t39-/m0/s1. The third-order valence-corrected chi connectivity index (χ3v) is 10.1. The molecule has 0 unspecified atom stereocenters. The summed E-state index contributed by atoms with van der Waals surface area (Å²) in [6.45, 7) is 2.72. The highest BCUT2D eigenvalue weighted by Gasteiger charge is 2.28. The van der Waals surface area contributed by atoms with Gasteiger partial charge in [-0.2, -0.15) is 0 Å². The number of benzene rings is 4. The lowest BCUT2D eigenvalue weighted by atomic mass is 9.99. The maximum absolute atomic E-state index is 13.0. The van der Waals surface area contributed by atoms with Crippen molar-refractivity contribution < 1.29 is 29.0 Å². The second kappa shape index (κ2) is 17.6. The molecule has 6 rings (SSSR count). The Balaban J connectivity index is 0.949. The fourth-order valence-electron chi connectivity index (χ4n) is 6.93. The summed E-state index contributed by atoms with van der Waals surface area (Å²) in [6, 6.07) is 29.7. The predicted molar refractivity (Wildman–Crippen MR) is 212 cm³/mol. The number of phenolic OH excluding ortho intramolecular Hbond substituents is 1. The first kappa shape index (κ1) is 38.2. The highest BCUT2D eigenvalue weighted by molar-refractivity contribution is 5.92. The number of aromatic amines is 1. The minimum Gasteiger partial charge on any atom is -0.506 e. The van der Waals surface area contributed by atoms with E-state index in [1.807, 2.05) is 66.7 Å². The molecule has 1 aromatic heterocycles. The number of rotatable bonds is 14. The van der Waals surface area contributed by atoms with Gasteiger partial charge in [-0.05, 0) is 71.8 Å². The number of hydrogen-bond donors (Lipinski definition) is 6. The number of ether oxygens (including phenoxy) is 1. The number of nitrogens with zero attached hydrogens (tertiary/aromatic N) is 1. The van der Waals surface area contributed by atoms with E-state index in [-0.39, 0.29) is 29.9 Å². The van der Waals surface area contributed by atoms with Crippen molar-refractivity contribution in [3.8, 4) is 16.9 Å². The van der Waals surface area contributed by atoms with Gasteiger partial charge in [-0.3, -0.25) is 14.9 Å². The van der Waals surface area contributed by atoms with Gasteiger partial charge in [-0.1, -0.05) is 60.7 Å². The molecule has 282 valence electrons. The van der Waals surface area contributed by atoms with Gasteiger partial charge in [-0.15, -0.1) is 0 Å². The van der Waals surface area contributed by atoms with Crippen LogP contribution in [0.3, 0.4) is 0 Å². The molecule has 2 heterocycles. The molecule has 1 fully saturated rings. The van der Waals surface area contributed by atoms with Crippen molar-refractivity contribution in [3.63, 3.8) is 0 Å². The quantitative estimate of drug-likeness (QED) is 0.0539. The molecule has 6 N–H and O–H groups in total. The normalized spacial score (nSPS) is 14.7. The summed E-state index contributed by atoms with van der Waals surface area (Å²) >= 11 is 0. The maximum atomic E-state index is 13.0. The van der Waals surface area contributed by atoms with Gasteiger partial charge in [0.2, 0.25) is 11.5 Å². The second-order valence-electron chi connectivity index (χ2n) is 14.7. The van der Waals surface area contributed by atoms with E-state index in [4.69, 9.17) is 4.74 Å². The number of aromatic nitrogens is 1. The number of carbonyl (C=O) groups excluding carboxylic acids is 2. The minimum atomic E-state index is -0.854. The molecule has 1 atom stereocenters. The number of pyridine rings is 1. The van der Waals surface area contributed by atoms with Crippen molar-refractivity contribution in [2.45, 2.75) is 57.3 Å². The lowest BCUT2D eigenvalue weighted by molar-refractivity contribution is -0.896. The number of hydrogen-bond acceptors (Lipinski definition) is 7. The predicted octanol–water partition coefficient (Wildman–Crippen LogP) is 6.86. The van der Waals surface area contributed by atoms with Gasteiger partial charge < -0.3 is 35.1 Å². The summed E-state index contributed by atoms with van der Waals surface area (Å²) in [7, 11) is 4.40. The van der Waals surface area contributed by atoms with Gasteiger partial charge in [0.25, 0.3) is 0 Å². The van der Waals surface area contributed by atoms with Gasteiger partial charge in [-0.25, -0.2) is 4.79 Å². The maximum Gasteiger partial charge on any atom is 0.411 e. The summed E-state index contributed by atoms with van der Waals surface area (Å²) in [4.78, 5) is 40.1. The number of nitrogens with one attached hydrogen (secondary N) is 4. The van der Waals surface area contributed by atoms with Gasteiger partial charge in [0.1, 0.15) is 11.9 Å². The first-order valence-corrected chi connectivity index (χ1v) is 18.6. The Bertz CT molecular complexity index is 2110. The minimum absolute atomic E-state index is 0.0507. The van der Waals surface area contributed by atoms with Crippen molar-refractivity contribution in [1.82, 2.24) is 10.3 Å². The highest BCUT2D eigenvalue weighted by Crippen LogP contribution is 2.31. The van der Waals surface area contributed by atoms with Crippen LogP contribution in [-0.4, -0.2) is 71.5 Å². The van der Waals surface area contributed by atoms with E-state index < -0.39 is 12.2 Å². The Morgan fingerprint density at radius 3 is 2.39 bits per heavy atom. The highest BCUT2D eigenvalue weighted by atomic mass is 16.6. The molecule has 1 aliphatic heterocycles. The average molecular weight is 733 g/mol. The third kappa shape index (κ3) is 10.3. The summed E-state index contributed by atoms with van der Waals surface area (Å²) in [6.07, 6.45) is 3.01. The molecular formula is C43H50N5O6+. The number of aryl methyl sites for hydroxylation is 1. The SMILES string of the molecule is C[N+]1(C)CCC(OC(=O)Nc2cc(CCCCC(=O)Nc3ccc(CNC[C@H](O)c4ccc(O)c5[nH]c(=O)ccc45)cc3)ccc2-c2ccccc2)CC1. The molecule has 0 aliphatic carbocycles. The zero-order valence-corrected chi connectivity index (χ0v) is 30.9. The van der Waals surface area contributed by atoms with Crippen molar-refractivity contribution in [2.75, 3.05) is 44.4 Å². The van der Waals surface area contributed by atoms with Crippen LogP contribution >= 0.6 is 0 Å². The molecule has 0 radical (unpaired) electrons. The molecule has 0 spiro atoms. The van der Waals surface area contributed by atoms with E-state index in [0.717, 1.165) is 65.5 Å². The fraction of sp³-hybridized carbons (Fsp3) is 0.326. The average Bonchev–Trinajstić information content (AvgIpc) is 3.16. The van der Waals surface area contributed by atoms with Crippen LogP contribution in [-0.2, 0) is 22.5 Å². The van der Waals surface area contributed by atoms with E-state index >= 15 is 0 Å². The molecule has 0 saturated carbocycles. The Kier molecular flexibility index (Phi) is 12.4. The third-order valence-electron chi connectivity index (χ3n) is 10.1. The molecule has 5 aromatic rings. The van der Waals surface area contributed by atoms with E-state index in [1.165, 1.54) is 12.1 Å². The molecule has 0 bridgehead atoms. The van der Waals surface area contributed by atoms with Crippen LogP contribution in [0.5, 0.6) is 5.75 Å². The number of phenols is 1. The van der Waals surface area contributed by atoms with Crippen molar-refractivity contribution in [1.29, 1.82) is 0 Å². The molecule has 1 saturated heterocycles. The molecular weight excluding hydrogens is 683 g/mol. The van der Waals surface area contributed by atoms with E-state index in [1.54, 1.807) is 12.1 Å². The van der Waals surface area contributed by atoms with Crippen LogP contribution in [0, 0.1) is 0 Å². The first-order valence-electron chi connectivity index (χ1n) is 18.6. The van der Waals surface area contributed by atoms with Crippen LogP contribution in [0.1, 0.15) is 54.9 Å². The number of aliphatic hydroxyl groups excluding tert-OH is 1. The van der Waals surface area contributed by atoms with Gasteiger partial charge in [0.05, 0.1) is 44.5 Å². The summed E-state index contributed by atoms with van der Waals surface area (Å²) in [5, 5.41) is 30.7. The number of amides is 2. The lowest BCUT2D eigenvalue weighted by Gasteiger charge is -2.36. The smallest absolute Gasteiger partial charge is 0.411 e. The van der Waals surface area contributed by atoms with Crippen LogP contribution in [0.4, 0.5) is 16.2 Å². The zero-order chi connectivity index (χ0) is 38.1. The summed E-state index contributed by atoms with van der Waals surface area (Å²) in [5.74, 6) is -0.105. The number of piperidine rings is 1. The van der Waals surface area contributed by atoms with Crippen molar-refractivity contribution in [3.05, 3.63) is 124 Å². The number of likely N-dealkylation sites (tertiary alicyclic amines) is 1. The molecule has 4 aromatic carbocycles. The lowest BCUT2D eigenvalue weighted by Crippen LogP contribution is -2.48. The number of aliphatic hydroxyl groups is 1. The number of carbonyl (C=O) groups is 2. The molecule has 2 amide bonds. The topological polar surface area (TPSA) is 153 Å². The second-order valence-corrected chi connectivity index (χ2v) is 14.7. The Labute approximate surface area is 315 Å².